The molecule has 0 aromatic heterocycles. The van der Waals surface area contributed by atoms with Gasteiger partial charge >= 0.3 is 0 Å². The molecule has 0 heterocycles. The Bertz CT molecular complexity index is 636. The largest absolute Gasteiger partial charge is 0.508 e. The van der Waals surface area contributed by atoms with Crippen molar-refractivity contribution in [1.29, 1.82) is 0 Å². The van der Waals surface area contributed by atoms with E-state index in [1.807, 2.05) is 30.3 Å². The molecule has 0 spiro atoms. The molecule has 0 bridgehead atoms. The van der Waals surface area contributed by atoms with Crippen LogP contribution in [0.25, 0.3) is 0 Å². The number of aromatic hydroxyl groups is 1. The molecule has 0 radical (unpaired) electrons. The molecule has 1 amide bonds. The molecule has 110 valence electrons. The van der Waals surface area contributed by atoms with Gasteiger partial charge in [-0.2, -0.15) is 0 Å². The topological polar surface area (TPSA) is 69.6 Å². The molecule has 4 heteroatoms. The van der Waals surface area contributed by atoms with Gasteiger partial charge < -0.3 is 15.5 Å². The van der Waals surface area contributed by atoms with Gasteiger partial charge in [0.05, 0.1) is 6.54 Å². The molecule has 2 aromatic carbocycles. The second-order valence-corrected chi connectivity index (χ2v) is 5.27. The SMILES string of the molecule is Cc1c(O)cccc1C(=O)NCC(C)(O)c1ccccc1. The average Bonchev–Trinajstić information content (AvgIpc) is 2.49. The summed E-state index contributed by atoms with van der Waals surface area (Å²) in [4.78, 5) is 12.2. The first-order valence-electron chi connectivity index (χ1n) is 6.76. The van der Waals surface area contributed by atoms with Crippen LogP contribution in [-0.2, 0) is 5.60 Å². The molecule has 0 aliphatic rings. The highest BCUT2D eigenvalue weighted by Gasteiger charge is 2.24. The van der Waals surface area contributed by atoms with E-state index in [1.54, 1.807) is 26.0 Å². The van der Waals surface area contributed by atoms with Crippen LogP contribution in [0.3, 0.4) is 0 Å². The highest BCUT2D eigenvalue weighted by molar-refractivity contribution is 5.96. The maximum atomic E-state index is 12.2. The van der Waals surface area contributed by atoms with Crippen molar-refractivity contribution in [2.45, 2.75) is 19.4 Å². The summed E-state index contributed by atoms with van der Waals surface area (Å²) in [6, 6.07) is 14.0. The molecule has 3 N–H and O–H groups in total. The summed E-state index contributed by atoms with van der Waals surface area (Å²) in [7, 11) is 0. The second-order valence-electron chi connectivity index (χ2n) is 5.27. The van der Waals surface area contributed by atoms with Crippen molar-refractivity contribution in [2.75, 3.05) is 6.54 Å². The summed E-state index contributed by atoms with van der Waals surface area (Å²) in [5, 5.41) is 22.8. The van der Waals surface area contributed by atoms with Crippen molar-refractivity contribution >= 4 is 5.91 Å². The highest BCUT2D eigenvalue weighted by Crippen LogP contribution is 2.21. The predicted molar refractivity (Wildman–Crippen MR) is 81.2 cm³/mol. The third-order valence-corrected chi connectivity index (χ3v) is 3.54. The zero-order chi connectivity index (χ0) is 15.5. The van der Waals surface area contributed by atoms with Crippen molar-refractivity contribution in [1.82, 2.24) is 5.32 Å². The number of hydrogen-bond acceptors (Lipinski definition) is 3. The molecule has 4 nitrogen and oxygen atoms in total. The van der Waals surface area contributed by atoms with Crippen LogP contribution in [0.15, 0.2) is 48.5 Å². The summed E-state index contributed by atoms with van der Waals surface area (Å²) >= 11 is 0. The maximum absolute atomic E-state index is 12.2. The standard InChI is InChI=1S/C17H19NO3/c1-12-14(9-6-10-15(12)19)16(20)18-11-17(2,21)13-7-4-3-5-8-13/h3-10,19,21H,11H2,1-2H3,(H,18,20). The Hall–Kier alpha value is -2.33. The second kappa shape index (κ2) is 5.97. The number of phenols is 1. The molecule has 2 rings (SSSR count). The third kappa shape index (κ3) is 3.41. The fraction of sp³-hybridized carbons (Fsp3) is 0.235. The average molecular weight is 285 g/mol. The van der Waals surface area contributed by atoms with Gasteiger partial charge in [-0.3, -0.25) is 4.79 Å². The van der Waals surface area contributed by atoms with Gasteiger partial charge in [0, 0.05) is 11.1 Å². The number of aliphatic hydroxyl groups is 1. The lowest BCUT2D eigenvalue weighted by Crippen LogP contribution is -2.38. The first kappa shape index (κ1) is 15.1. The van der Waals surface area contributed by atoms with Gasteiger partial charge in [-0.1, -0.05) is 36.4 Å². The Kier molecular flexibility index (Phi) is 4.29. The van der Waals surface area contributed by atoms with Gasteiger partial charge in [-0.25, -0.2) is 0 Å². The summed E-state index contributed by atoms with van der Waals surface area (Å²) in [5.74, 6) is -0.239. The van der Waals surface area contributed by atoms with Crippen molar-refractivity contribution in [2.24, 2.45) is 0 Å². The van der Waals surface area contributed by atoms with Crippen LogP contribution in [0, 0.1) is 6.92 Å². The van der Waals surface area contributed by atoms with Crippen molar-refractivity contribution in [3.8, 4) is 5.75 Å². The molecule has 0 fully saturated rings. The van der Waals surface area contributed by atoms with Gasteiger partial charge in [0.25, 0.3) is 5.91 Å². The number of carbonyl (C=O) groups is 1. The van der Waals surface area contributed by atoms with Gasteiger partial charge in [0.15, 0.2) is 0 Å². The Labute approximate surface area is 124 Å². The van der Waals surface area contributed by atoms with Gasteiger partial charge in [-0.15, -0.1) is 0 Å². The van der Waals surface area contributed by atoms with E-state index in [9.17, 15) is 15.0 Å². The molecule has 0 aliphatic heterocycles. The number of hydrogen-bond donors (Lipinski definition) is 3. The lowest BCUT2D eigenvalue weighted by molar-refractivity contribution is 0.0526. The van der Waals surface area contributed by atoms with E-state index in [4.69, 9.17) is 0 Å². The van der Waals surface area contributed by atoms with Crippen LogP contribution < -0.4 is 5.32 Å². The van der Waals surface area contributed by atoms with Crippen LogP contribution in [0.4, 0.5) is 0 Å². The Morgan fingerprint density at radius 2 is 1.81 bits per heavy atom. The molecule has 2 aromatic rings. The normalized spacial score (nSPS) is 13.5. The molecule has 0 aliphatic carbocycles. The van der Waals surface area contributed by atoms with Crippen molar-refractivity contribution < 1.29 is 15.0 Å². The molecule has 0 saturated heterocycles. The third-order valence-electron chi connectivity index (χ3n) is 3.54. The molecule has 1 atom stereocenters. The smallest absolute Gasteiger partial charge is 0.251 e. The zero-order valence-electron chi connectivity index (χ0n) is 12.1. The fourth-order valence-corrected chi connectivity index (χ4v) is 2.12. The Morgan fingerprint density at radius 3 is 2.48 bits per heavy atom. The number of nitrogens with one attached hydrogen (secondary N) is 1. The monoisotopic (exact) mass is 285 g/mol. The maximum Gasteiger partial charge on any atom is 0.251 e. The first-order chi connectivity index (χ1) is 9.92. The first-order valence-corrected chi connectivity index (χ1v) is 6.76. The van der Waals surface area contributed by atoms with E-state index in [-0.39, 0.29) is 18.2 Å². The molecular formula is C17H19NO3. The molecule has 21 heavy (non-hydrogen) atoms. The Morgan fingerprint density at radius 1 is 1.14 bits per heavy atom. The summed E-state index contributed by atoms with van der Waals surface area (Å²) < 4.78 is 0. The molecular weight excluding hydrogens is 266 g/mol. The van der Waals surface area contributed by atoms with Crippen LogP contribution in [0.2, 0.25) is 0 Å². The zero-order valence-corrected chi connectivity index (χ0v) is 12.1. The lowest BCUT2D eigenvalue weighted by atomic mass is 9.96. The minimum Gasteiger partial charge on any atom is -0.508 e. The number of rotatable bonds is 4. The van der Waals surface area contributed by atoms with Crippen molar-refractivity contribution in [3.63, 3.8) is 0 Å². The summed E-state index contributed by atoms with van der Waals surface area (Å²) in [6.07, 6.45) is 0. The van der Waals surface area contributed by atoms with E-state index in [1.165, 1.54) is 6.07 Å². The molecule has 0 saturated carbocycles. The van der Waals surface area contributed by atoms with Crippen LogP contribution in [0.5, 0.6) is 5.75 Å². The van der Waals surface area contributed by atoms with E-state index in [0.29, 0.717) is 11.1 Å². The van der Waals surface area contributed by atoms with Crippen LogP contribution >= 0.6 is 0 Å². The number of phenolic OH excluding ortho intramolecular Hbond substituents is 1. The molecule has 1 unspecified atom stereocenters. The summed E-state index contributed by atoms with van der Waals surface area (Å²) in [6.45, 7) is 3.42. The van der Waals surface area contributed by atoms with Crippen molar-refractivity contribution in [3.05, 3.63) is 65.2 Å². The van der Waals surface area contributed by atoms with Gasteiger partial charge in [-0.05, 0) is 31.5 Å². The quantitative estimate of drug-likeness (QED) is 0.807. The van der Waals surface area contributed by atoms with E-state index >= 15 is 0 Å². The van der Waals surface area contributed by atoms with E-state index in [2.05, 4.69) is 5.32 Å². The minimum absolute atomic E-state index is 0.0810. The van der Waals surface area contributed by atoms with Gasteiger partial charge in [0.1, 0.15) is 11.4 Å². The predicted octanol–water partition coefficient (Wildman–Crippen LogP) is 2.34. The van der Waals surface area contributed by atoms with Gasteiger partial charge in [0.2, 0.25) is 0 Å². The number of amides is 1. The van der Waals surface area contributed by atoms with Crippen LogP contribution in [-0.4, -0.2) is 22.7 Å². The Balaban J connectivity index is 2.09. The fourth-order valence-electron chi connectivity index (χ4n) is 2.12. The van der Waals surface area contributed by atoms with Crippen LogP contribution in [0.1, 0.15) is 28.4 Å². The van der Waals surface area contributed by atoms with E-state index < -0.39 is 5.60 Å². The minimum atomic E-state index is -1.15. The number of benzene rings is 2. The number of carbonyl (C=O) groups excluding carboxylic acids is 1. The highest BCUT2D eigenvalue weighted by atomic mass is 16.3. The summed E-state index contributed by atoms with van der Waals surface area (Å²) in [5.41, 5.74) is 0.507. The lowest BCUT2D eigenvalue weighted by Gasteiger charge is -2.24. The van der Waals surface area contributed by atoms with E-state index in [0.717, 1.165) is 5.56 Å².